The maximum atomic E-state index is 13.0. The Kier molecular flexibility index (Phi) is 10.6. The van der Waals surface area contributed by atoms with Crippen molar-refractivity contribution in [3.63, 3.8) is 0 Å². The Balaban J connectivity index is 1.24. The average Bonchev–Trinajstić information content (AvgIpc) is 3.57. The number of H-pyrrole nitrogens is 1. The number of piperidine rings is 1. The number of piperazine rings is 1. The van der Waals surface area contributed by atoms with Crippen molar-refractivity contribution in [2.24, 2.45) is 0 Å². The molecule has 5 rings (SSSR count). The van der Waals surface area contributed by atoms with Gasteiger partial charge in [0.05, 0.1) is 34.6 Å². The molecule has 0 spiro atoms. The SMILES string of the molecule is CCO[C@H]1CN(c2nc(-c3cnc(NCCN4CCN(C)CC4)cn3)c(C(=O)O)s2)CC[C@H]1NC(=O)c1[nH]c(C)c(Cl)c1Cl. The highest BCUT2D eigenvalue weighted by Crippen LogP contribution is 2.34. The fraction of sp³-hybridized carbons (Fsp3) is 0.536. The van der Waals surface area contributed by atoms with Crippen molar-refractivity contribution in [3.8, 4) is 11.4 Å². The lowest BCUT2D eigenvalue weighted by Crippen LogP contribution is -2.55. The molecule has 44 heavy (non-hydrogen) atoms. The molecule has 3 aromatic heterocycles. The van der Waals surface area contributed by atoms with Gasteiger partial charge >= 0.3 is 5.97 Å². The Labute approximate surface area is 269 Å². The minimum Gasteiger partial charge on any atom is -0.477 e. The first-order valence-electron chi connectivity index (χ1n) is 14.6. The number of aromatic nitrogens is 4. The molecule has 0 unspecified atom stereocenters. The highest BCUT2D eigenvalue weighted by atomic mass is 35.5. The van der Waals surface area contributed by atoms with Gasteiger partial charge in [0, 0.05) is 64.7 Å². The summed E-state index contributed by atoms with van der Waals surface area (Å²) < 4.78 is 6.00. The number of ether oxygens (including phenoxy) is 1. The van der Waals surface area contributed by atoms with Gasteiger partial charge in [-0.1, -0.05) is 34.5 Å². The summed E-state index contributed by atoms with van der Waals surface area (Å²) in [4.78, 5) is 48.5. The van der Waals surface area contributed by atoms with Crippen LogP contribution in [0.15, 0.2) is 12.4 Å². The highest BCUT2D eigenvalue weighted by Gasteiger charge is 2.34. The van der Waals surface area contributed by atoms with Crippen LogP contribution in [0.3, 0.4) is 0 Å². The Hall–Kier alpha value is -3.01. The average molecular weight is 667 g/mol. The van der Waals surface area contributed by atoms with Crippen LogP contribution in [0.2, 0.25) is 10.0 Å². The summed E-state index contributed by atoms with van der Waals surface area (Å²) in [7, 11) is 2.13. The molecule has 0 bridgehead atoms. The molecular formula is C28H37Cl2N9O4S. The molecule has 1 amide bonds. The maximum absolute atomic E-state index is 13.0. The second kappa shape index (κ2) is 14.4. The number of thiazole rings is 1. The number of carboxylic acids is 1. The molecular weight excluding hydrogens is 629 g/mol. The molecule has 238 valence electrons. The number of aryl methyl sites for hydroxylation is 1. The van der Waals surface area contributed by atoms with Gasteiger partial charge in [0.2, 0.25) is 0 Å². The standard InChI is InChI=1S/C28H37Cl2N9O4S/c1-4-43-19-15-39(7-5-17(19)35-26(40)24-22(30)21(29)16(2)34-24)28-36-23(25(44-28)27(41)42)18-13-33-20(14-32-18)31-6-8-38-11-9-37(3)10-12-38/h13-14,17,19,34H,4-12,15H2,1-3H3,(H,31,33)(H,35,40)(H,41,42)/t17-,19+/m1/s1. The summed E-state index contributed by atoms with van der Waals surface area (Å²) in [5, 5.41) is 17.3. The Morgan fingerprint density at radius 2 is 1.93 bits per heavy atom. The number of carbonyl (C=O) groups excluding carboxylic acids is 1. The maximum Gasteiger partial charge on any atom is 0.348 e. The quantitative estimate of drug-likeness (QED) is 0.239. The van der Waals surface area contributed by atoms with Crippen molar-refractivity contribution >= 4 is 57.4 Å². The number of hydrogen-bond acceptors (Lipinski definition) is 11. The molecule has 2 aliphatic rings. The first-order chi connectivity index (χ1) is 21.1. The van der Waals surface area contributed by atoms with E-state index in [2.05, 4.69) is 47.4 Å². The fourth-order valence-electron chi connectivity index (χ4n) is 5.32. The van der Waals surface area contributed by atoms with Crippen molar-refractivity contribution < 1.29 is 19.4 Å². The number of amides is 1. The van der Waals surface area contributed by atoms with Crippen molar-refractivity contribution in [1.29, 1.82) is 0 Å². The number of anilines is 2. The summed E-state index contributed by atoms with van der Waals surface area (Å²) in [6, 6.07) is -0.294. The second-order valence-electron chi connectivity index (χ2n) is 10.9. The number of halogens is 2. The number of nitrogens with zero attached hydrogens (tertiary/aromatic N) is 6. The number of rotatable bonds is 11. The number of carboxylic acid groups (broad SMARTS) is 1. The third kappa shape index (κ3) is 7.44. The molecule has 0 saturated carbocycles. The van der Waals surface area contributed by atoms with E-state index in [-0.39, 0.29) is 39.3 Å². The fourth-order valence-corrected chi connectivity index (χ4v) is 6.69. The minimum atomic E-state index is -1.08. The zero-order chi connectivity index (χ0) is 31.4. The van der Waals surface area contributed by atoms with E-state index in [1.54, 1.807) is 19.3 Å². The first kappa shape index (κ1) is 32.4. The normalized spacial score (nSPS) is 19.7. The van der Waals surface area contributed by atoms with Gasteiger partial charge in [-0.25, -0.2) is 19.7 Å². The van der Waals surface area contributed by atoms with E-state index < -0.39 is 5.97 Å². The second-order valence-corrected chi connectivity index (χ2v) is 12.6. The van der Waals surface area contributed by atoms with Gasteiger partial charge in [-0.3, -0.25) is 9.69 Å². The minimum absolute atomic E-state index is 0.0853. The van der Waals surface area contributed by atoms with E-state index >= 15 is 0 Å². The van der Waals surface area contributed by atoms with Crippen LogP contribution in [0, 0.1) is 6.92 Å². The van der Waals surface area contributed by atoms with Crippen molar-refractivity contribution in [3.05, 3.63) is 38.7 Å². The molecule has 2 saturated heterocycles. The van der Waals surface area contributed by atoms with Crippen LogP contribution < -0.4 is 15.5 Å². The molecule has 0 aromatic carbocycles. The topological polar surface area (TPSA) is 152 Å². The summed E-state index contributed by atoms with van der Waals surface area (Å²) in [6.45, 7) is 10.9. The van der Waals surface area contributed by atoms with Gasteiger partial charge in [-0.15, -0.1) is 0 Å². The smallest absolute Gasteiger partial charge is 0.348 e. The lowest BCUT2D eigenvalue weighted by atomic mass is 10.0. The van der Waals surface area contributed by atoms with Gasteiger partial charge in [0.15, 0.2) is 5.13 Å². The molecule has 2 fully saturated rings. The number of hydrogen-bond donors (Lipinski definition) is 4. The summed E-state index contributed by atoms with van der Waals surface area (Å²) >= 11 is 13.5. The highest BCUT2D eigenvalue weighted by molar-refractivity contribution is 7.17. The van der Waals surface area contributed by atoms with Crippen LogP contribution in [0.1, 0.15) is 39.2 Å². The first-order valence-corrected chi connectivity index (χ1v) is 16.1. The van der Waals surface area contributed by atoms with Gasteiger partial charge < -0.3 is 35.3 Å². The van der Waals surface area contributed by atoms with Crippen molar-refractivity contribution in [2.45, 2.75) is 32.4 Å². The molecule has 2 atom stereocenters. The number of nitrogens with one attached hydrogen (secondary N) is 3. The molecule has 0 radical (unpaired) electrons. The molecule has 2 aliphatic heterocycles. The van der Waals surface area contributed by atoms with Crippen molar-refractivity contribution in [2.75, 3.05) is 76.2 Å². The van der Waals surface area contributed by atoms with E-state index in [0.717, 1.165) is 50.6 Å². The number of aromatic carboxylic acids is 1. The van der Waals surface area contributed by atoms with Crippen LogP contribution >= 0.6 is 34.5 Å². The summed E-state index contributed by atoms with van der Waals surface area (Å²) in [5.41, 5.74) is 1.48. The summed E-state index contributed by atoms with van der Waals surface area (Å²) in [6.07, 6.45) is 3.34. The predicted octanol–water partition coefficient (Wildman–Crippen LogP) is 3.31. The van der Waals surface area contributed by atoms with Gasteiger partial charge in [0.25, 0.3) is 5.91 Å². The van der Waals surface area contributed by atoms with E-state index in [4.69, 9.17) is 27.9 Å². The monoisotopic (exact) mass is 665 g/mol. The van der Waals surface area contributed by atoms with Crippen LogP contribution in [0.4, 0.5) is 10.9 Å². The van der Waals surface area contributed by atoms with Gasteiger partial charge in [-0.05, 0) is 27.3 Å². The largest absolute Gasteiger partial charge is 0.477 e. The van der Waals surface area contributed by atoms with Crippen LogP contribution in [-0.4, -0.2) is 125 Å². The van der Waals surface area contributed by atoms with E-state index in [1.807, 2.05) is 11.8 Å². The molecule has 5 heterocycles. The van der Waals surface area contributed by atoms with Gasteiger partial charge in [0.1, 0.15) is 27.8 Å². The van der Waals surface area contributed by atoms with E-state index in [9.17, 15) is 14.7 Å². The predicted molar refractivity (Wildman–Crippen MR) is 172 cm³/mol. The van der Waals surface area contributed by atoms with Gasteiger partial charge in [-0.2, -0.15) is 0 Å². The molecule has 13 nitrogen and oxygen atoms in total. The van der Waals surface area contributed by atoms with E-state index in [1.165, 1.54) is 0 Å². The third-order valence-electron chi connectivity index (χ3n) is 7.84. The molecule has 0 aliphatic carbocycles. The van der Waals surface area contributed by atoms with Crippen LogP contribution in [-0.2, 0) is 4.74 Å². The molecule has 16 heteroatoms. The summed E-state index contributed by atoms with van der Waals surface area (Å²) in [5.74, 6) is -0.828. The van der Waals surface area contributed by atoms with Crippen LogP contribution in [0.25, 0.3) is 11.4 Å². The van der Waals surface area contributed by atoms with Crippen molar-refractivity contribution in [1.82, 2.24) is 35.1 Å². The van der Waals surface area contributed by atoms with Crippen LogP contribution in [0.5, 0.6) is 0 Å². The number of likely N-dealkylation sites (N-methyl/N-ethyl adjacent to an activating group) is 1. The molecule has 3 aromatic rings. The number of aromatic amines is 1. The Morgan fingerprint density at radius 1 is 1.16 bits per heavy atom. The third-order valence-corrected chi connectivity index (χ3v) is 9.89. The zero-order valence-electron chi connectivity index (χ0n) is 24.9. The zero-order valence-corrected chi connectivity index (χ0v) is 27.2. The lowest BCUT2D eigenvalue weighted by molar-refractivity contribution is 0.0272. The lowest BCUT2D eigenvalue weighted by Gasteiger charge is -2.38. The Bertz CT molecular complexity index is 1460. The Morgan fingerprint density at radius 3 is 2.57 bits per heavy atom. The van der Waals surface area contributed by atoms with E-state index in [0.29, 0.717) is 53.5 Å². The number of carbonyl (C=O) groups is 2. The molecule has 4 N–H and O–H groups in total.